The Hall–Kier alpha value is -1.51. The van der Waals surface area contributed by atoms with E-state index in [9.17, 15) is 4.79 Å². The van der Waals surface area contributed by atoms with Crippen molar-refractivity contribution in [1.82, 2.24) is 4.90 Å². The van der Waals surface area contributed by atoms with Crippen LogP contribution in [-0.4, -0.2) is 23.9 Å². The van der Waals surface area contributed by atoms with Crippen LogP contribution in [0.1, 0.15) is 38.2 Å². The lowest BCUT2D eigenvalue weighted by atomic mass is 9.94. The number of carbonyl (C=O) groups is 1. The van der Waals surface area contributed by atoms with Crippen molar-refractivity contribution in [2.75, 3.05) is 18.8 Å². The van der Waals surface area contributed by atoms with Gasteiger partial charge in [0.05, 0.1) is 0 Å². The van der Waals surface area contributed by atoms with Crippen LogP contribution < -0.4 is 5.73 Å². The highest BCUT2D eigenvalue weighted by Crippen LogP contribution is 2.21. The Kier molecular flexibility index (Phi) is 4.83. The number of para-hydroxylation sites is 1. The lowest BCUT2D eigenvalue weighted by Gasteiger charge is -2.31. The molecule has 3 nitrogen and oxygen atoms in total. The molecule has 0 aliphatic carbocycles. The van der Waals surface area contributed by atoms with E-state index in [0.29, 0.717) is 6.42 Å². The van der Waals surface area contributed by atoms with Gasteiger partial charge in [-0.25, -0.2) is 0 Å². The van der Waals surface area contributed by atoms with Gasteiger partial charge in [-0.1, -0.05) is 31.5 Å². The third-order valence-electron chi connectivity index (χ3n) is 4.21. The number of rotatable bonds is 4. The molecule has 1 fully saturated rings. The summed E-state index contributed by atoms with van der Waals surface area (Å²) < 4.78 is 0. The van der Waals surface area contributed by atoms with Gasteiger partial charge in [-0.05, 0) is 36.8 Å². The van der Waals surface area contributed by atoms with Crippen LogP contribution in [0.15, 0.2) is 24.3 Å². The number of hydrogen-bond donors (Lipinski definition) is 1. The fourth-order valence-corrected chi connectivity index (χ4v) is 2.75. The van der Waals surface area contributed by atoms with Crippen molar-refractivity contribution < 1.29 is 4.79 Å². The maximum atomic E-state index is 12.2. The molecule has 1 aliphatic heterocycles. The molecular weight excluding hydrogens is 236 g/mol. The molecule has 2 N–H and O–H groups in total. The minimum absolute atomic E-state index is 0.276. The number of likely N-dealkylation sites (tertiary alicyclic amines) is 1. The SMILES string of the molecule is CCC1CCN(C(=O)CCc2ccccc2N)CC1. The molecule has 0 atom stereocenters. The number of hydrogen-bond acceptors (Lipinski definition) is 2. The molecule has 1 saturated heterocycles. The van der Waals surface area contributed by atoms with E-state index >= 15 is 0 Å². The lowest BCUT2D eigenvalue weighted by molar-refractivity contribution is -0.132. The number of carbonyl (C=O) groups excluding carboxylic acids is 1. The number of amides is 1. The standard InChI is InChI=1S/C16H24N2O/c1-2-13-9-11-18(12-10-13)16(19)8-7-14-5-3-4-6-15(14)17/h3-6,13H,2,7-12,17H2,1H3. The number of aryl methyl sites for hydroxylation is 1. The third-order valence-corrected chi connectivity index (χ3v) is 4.21. The van der Waals surface area contributed by atoms with E-state index in [-0.39, 0.29) is 5.91 Å². The topological polar surface area (TPSA) is 46.3 Å². The highest BCUT2D eigenvalue weighted by atomic mass is 16.2. The van der Waals surface area contributed by atoms with Gasteiger partial charge in [-0.2, -0.15) is 0 Å². The summed E-state index contributed by atoms with van der Waals surface area (Å²) in [4.78, 5) is 14.2. The van der Waals surface area contributed by atoms with Gasteiger partial charge in [0, 0.05) is 25.2 Å². The van der Waals surface area contributed by atoms with E-state index in [1.54, 1.807) is 0 Å². The molecular formula is C16H24N2O. The monoisotopic (exact) mass is 260 g/mol. The van der Waals surface area contributed by atoms with E-state index in [0.717, 1.165) is 49.5 Å². The number of nitrogen functional groups attached to an aromatic ring is 1. The molecule has 0 bridgehead atoms. The van der Waals surface area contributed by atoms with Crippen LogP contribution in [0, 0.1) is 5.92 Å². The second-order valence-corrected chi connectivity index (χ2v) is 5.43. The molecule has 1 amide bonds. The first-order chi connectivity index (χ1) is 9.20. The predicted molar refractivity (Wildman–Crippen MR) is 78.8 cm³/mol. The molecule has 0 spiro atoms. The first kappa shape index (κ1) is 13.9. The zero-order valence-electron chi connectivity index (χ0n) is 11.8. The van der Waals surface area contributed by atoms with E-state index < -0.39 is 0 Å². The zero-order chi connectivity index (χ0) is 13.7. The Labute approximate surface area is 115 Å². The Morgan fingerprint density at radius 1 is 1.32 bits per heavy atom. The Balaban J connectivity index is 1.81. The second kappa shape index (κ2) is 6.60. The van der Waals surface area contributed by atoms with Crippen molar-refractivity contribution in [3.05, 3.63) is 29.8 Å². The minimum Gasteiger partial charge on any atom is -0.399 e. The van der Waals surface area contributed by atoms with Gasteiger partial charge in [0.25, 0.3) is 0 Å². The maximum Gasteiger partial charge on any atom is 0.222 e. The second-order valence-electron chi connectivity index (χ2n) is 5.43. The average Bonchev–Trinajstić information content (AvgIpc) is 2.46. The first-order valence-electron chi connectivity index (χ1n) is 7.32. The fourth-order valence-electron chi connectivity index (χ4n) is 2.75. The fraction of sp³-hybridized carbons (Fsp3) is 0.562. The van der Waals surface area contributed by atoms with E-state index in [1.165, 1.54) is 6.42 Å². The maximum absolute atomic E-state index is 12.2. The van der Waals surface area contributed by atoms with Crippen molar-refractivity contribution in [3.8, 4) is 0 Å². The van der Waals surface area contributed by atoms with Crippen molar-refractivity contribution in [3.63, 3.8) is 0 Å². The van der Waals surface area contributed by atoms with Crippen LogP contribution in [0.25, 0.3) is 0 Å². The molecule has 19 heavy (non-hydrogen) atoms. The Morgan fingerprint density at radius 2 is 2.00 bits per heavy atom. The van der Waals surface area contributed by atoms with Crippen molar-refractivity contribution in [2.45, 2.75) is 39.0 Å². The lowest BCUT2D eigenvalue weighted by Crippen LogP contribution is -2.38. The first-order valence-corrected chi connectivity index (χ1v) is 7.32. The van der Waals surface area contributed by atoms with E-state index in [4.69, 9.17) is 5.73 Å². The molecule has 0 aromatic heterocycles. The summed E-state index contributed by atoms with van der Waals surface area (Å²) >= 11 is 0. The summed E-state index contributed by atoms with van der Waals surface area (Å²) in [5.74, 6) is 1.09. The summed E-state index contributed by atoms with van der Waals surface area (Å²) in [6.45, 7) is 4.10. The quantitative estimate of drug-likeness (QED) is 0.846. The molecule has 0 radical (unpaired) electrons. The van der Waals surface area contributed by atoms with Gasteiger partial charge in [0.1, 0.15) is 0 Å². The summed E-state index contributed by atoms with van der Waals surface area (Å²) in [7, 11) is 0. The molecule has 1 aliphatic rings. The van der Waals surface area contributed by atoms with Gasteiger partial charge >= 0.3 is 0 Å². The van der Waals surface area contributed by atoms with Gasteiger partial charge in [-0.15, -0.1) is 0 Å². The summed E-state index contributed by atoms with van der Waals surface area (Å²) in [5, 5.41) is 0. The Morgan fingerprint density at radius 3 is 2.63 bits per heavy atom. The average molecular weight is 260 g/mol. The van der Waals surface area contributed by atoms with Gasteiger partial charge < -0.3 is 10.6 Å². The smallest absolute Gasteiger partial charge is 0.222 e. The van der Waals surface area contributed by atoms with Crippen LogP contribution in [-0.2, 0) is 11.2 Å². The molecule has 0 saturated carbocycles. The summed E-state index contributed by atoms with van der Waals surface area (Å²) in [5.41, 5.74) is 7.77. The summed E-state index contributed by atoms with van der Waals surface area (Å²) in [6, 6.07) is 7.80. The number of nitrogens with zero attached hydrogens (tertiary/aromatic N) is 1. The van der Waals surface area contributed by atoms with Crippen molar-refractivity contribution >= 4 is 11.6 Å². The highest BCUT2D eigenvalue weighted by Gasteiger charge is 2.21. The highest BCUT2D eigenvalue weighted by molar-refractivity contribution is 5.76. The minimum atomic E-state index is 0.276. The molecule has 3 heteroatoms. The number of benzene rings is 1. The molecule has 1 aromatic carbocycles. The van der Waals surface area contributed by atoms with Crippen molar-refractivity contribution in [1.29, 1.82) is 0 Å². The van der Waals surface area contributed by atoms with Crippen LogP contribution >= 0.6 is 0 Å². The van der Waals surface area contributed by atoms with Gasteiger partial charge in [0.2, 0.25) is 5.91 Å². The number of piperidine rings is 1. The third kappa shape index (κ3) is 3.72. The molecule has 1 heterocycles. The van der Waals surface area contributed by atoms with Crippen LogP contribution in [0.2, 0.25) is 0 Å². The Bertz CT molecular complexity index is 423. The van der Waals surface area contributed by atoms with Gasteiger partial charge in [0.15, 0.2) is 0 Å². The van der Waals surface area contributed by atoms with Crippen LogP contribution in [0.5, 0.6) is 0 Å². The number of anilines is 1. The van der Waals surface area contributed by atoms with Crippen LogP contribution in [0.3, 0.4) is 0 Å². The zero-order valence-corrected chi connectivity index (χ0v) is 11.8. The van der Waals surface area contributed by atoms with E-state index in [1.807, 2.05) is 29.2 Å². The molecule has 2 rings (SSSR count). The number of nitrogens with two attached hydrogens (primary N) is 1. The normalized spacial score (nSPS) is 16.6. The van der Waals surface area contributed by atoms with E-state index in [2.05, 4.69) is 6.92 Å². The predicted octanol–water partition coefficient (Wildman–Crippen LogP) is 2.85. The molecule has 1 aromatic rings. The van der Waals surface area contributed by atoms with Gasteiger partial charge in [-0.3, -0.25) is 4.79 Å². The molecule has 104 valence electrons. The van der Waals surface area contributed by atoms with Crippen molar-refractivity contribution in [2.24, 2.45) is 5.92 Å². The molecule has 0 unspecified atom stereocenters. The summed E-state index contributed by atoms with van der Waals surface area (Å²) in [6.07, 6.45) is 4.89. The van der Waals surface area contributed by atoms with Crippen LogP contribution in [0.4, 0.5) is 5.69 Å². The largest absolute Gasteiger partial charge is 0.399 e.